The number of aliphatic imine (C=N–C) groups is 1. The molecule has 0 aromatic rings. The Kier molecular flexibility index (Phi) is 1.60. The lowest BCUT2D eigenvalue weighted by Gasteiger charge is -2.19. The highest BCUT2D eigenvalue weighted by Crippen LogP contribution is 2.33. The molecule has 2 aliphatic heterocycles. The zero-order valence-electron chi connectivity index (χ0n) is 7.78. The van der Waals surface area contributed by atoms with Gasteiger partial charge in [0, 0.05) is 19.0 Å². The van der Waals surface area contributed by atoms with Gasteiger partial charge in [0.1, 0.15) is 0 Å². The molecule has 0 aromatic heterocycles. The van der Waals surface area contributed by atoms with Crippen LogP contribution >= 0.6 is 0 Å². The van der Waals surface area contributed by atoms with Crippen LogP contribution in [0.4, 0.5) is 0 Å². The fraction of sp³-hybridized carbons (Fsp3) is 0.750. The van der Waals surface area contributed by atoms with Crippen molar-refractivity contribution < 1.29 is 9.53 Å². The van der Waals surface area contributed by atoms with E-state index in [0.29, 0.717) is 19.0 Å². The molecule has 0 saturated carbocycles. The predicted octanol–water partition coefficient (Wildman–Crippen LogP) is -0.679. The molecule has 1 fully saturated rings. The Morgan fingerprint density at radius 3 is 2.85 bits per heavy atom. The number of likely N-dealkylation sites (N-methyl/N-ethyl adjacent to an activating group) is 1. The summed E-state index contributed by atoms with van der Waals surface area (Å²) in [7, 11) is 1.96. The molecule has 2 N–H and O–H groups in total. The molecule has 5 nitrogen and oxygen atoms in total. The molecule has 1 amide bonds. The maximum absolute atomic E-state index is 11.5. The smallest absolute Gasteiger partial charge is 0.295 e. The average molecular weight is 183 g/mol. The van der Waals surface area contributed by atoms with E-state index in [9.17, 15) is 4.79 Å². The number of rotatable bonds is 0. The summed E-state index contributed by atoms with van der Waals surface area (Å²) < 4.78 is 5.30. The van der Waals surface area contributed by atoms with E-state index in [-0.39, 0.29) is 11.9 Å². The molecule has 0 aromatic carbocycles. The average Bonchev–Trinajstić information content (AvgIpc) is 2.40. The number of hydrogen-bond acceptors (Lipinski definition) is 4. The van der Waals surface area contributed by atoms with Gasteiger partial charge in [0.05, 0.1) is 0 Å². The molecule has 1 saturated heterocycles. The van der Waals surface area contributed by atoms with Gasteiger partial charge in [-0.1, -0.05) is 0 Å². The summed E-state index contributed by atoms with van der Waals surface area (Å²) in [6, 6.07) is 0.345. The van der Waals surface area contributed by atoms with Crippen molar-refractivity contribution in [1.82, 2.24) is 4.90 Å². The van der Waals surface area contributed by atoms with Crippen LogP contribution in [0.5, 0.6) is 0 Å². The van der Waals surface area contributed by atoms with Crippen LogP contribution in [0.25, 0.3) is 0 Å². The predicted molar refractivity (Wildman–Crippen MR) is 47.2 cm³/mol. The Bertz CT molecular complexity index is 277. The van der Waals surface area contributed by atoms with E-state index in [1.807, 2.05) is 7.05 Å². The summed E-state index contributed by atoms with van der Waals surface area (Å²) in [4.78, 5) is 17.2. The summed E-state index contributed by atoms with van der Waals surface area (Å²) in [6.07, 6.45) is 0.673. The fourth-order valence-corrected chi connectivity index (χ4v) is 1.95. The molecule has 2 rings (SSSR count). The Labute approximate surface area is 76.6 Å². The minimum absolute atomic E-state index is 0.00694. The first kappa shape index (κ1) is 8.50. The highest BCUT2D eigenvalue weighted by atomic mass is 16.5. The number of likely N-dealkylation sites (tertiary alicyclic amines) is 1. The van der Waals surface area contributed by atoms with Crippen LogP contribution in [0.3, 0.4) is 0 Å². The van der Waals surface area contributed by atoms with Gasteiger partial charge < -0.3 is 10.5 Å². The van der Waals surface area contributed by atoms with Crippen LogP contribution < -0.4 is 5.73 Å². The van der Waals surface area contributed by atoms with E-state index >= 15 is 0 Å². The monoisotopic (exact) mass is 183 g/mol. The standard InChI is InChI=1S/C8H13N3O2/c1-5-3-8(4-11(5)2)6(12)10-7(9)13-8/h5H,3-4H2,1-2H3,(H2,9,10,12). The van der Waals surface area contributed by atoms with Gasteiger partial charge in [0.2, 0.25) is 5.60 Å². The molecule has 2 aliphatic rings. The second-order valence-corrected chi connectivity index (χ2v) is 3.82. The quantitative estimate of drug-likeness (QED) is 0.540. The second-order valence-electron chi connectivity index (χ2n) is 3.82. The zero-order valence-corrected chi connectivity index (χ0v) is 7.78. The maximum atomic E-state index is 11.5. The maximum Gasteiger partial charge on any atom is 0.295 e. The van der Waals surface area contributed by atoms with Crippen LogP contribution in [-0.2, 0) is 9.53 Å². The molecular formula is C8H13N3O2. The van der Waals surface area contributed by atoms with Gasteiger partial charge in [-0.05, 0) is 14.0 Å². The molecule has 72 valence electrons. The first-order valence-electron chi connectivity index (χ1n) is 4.31. The third-order valence-corrected chi connectivity index (χ3v) is 2.78. The van der Waals surface area contributed by atoms with Crippen molar-refractivity contribution in [3.05, 3.63) is 0 Å². The van der Waals surface area contributed by atoms with Gasteiger partial charge in [-0.2, -0.15) is 4.99 Å². The van der Waals surface area contributed by atoms with E-state index in [1.54, 1.807) is 0 Å². The lowest BCUT2D eigenvalue weighted by atomic mass is 10.0. The number of nitrogens with two attached hydrogens (primary N) is 1. The van der Waals surface area contributed by atoms with E-state index < -0.39 is 5.60 Å². The fourth-order valence-electron chi connectivity index (χ4n) is 1.95. The van der Waals surface area contributed by atoms with E-state index in [4.69, 9.17) is 10.5 Å². The Balaban J connectivity index is 2.22. The third kappa shape index (κ3) is 1.11. The molecule has 13 heavy (non-hydrogen) atoms. The van der Waals surface area contributed by atoms with Crippen LogP contribution in [0.15, 0.2) is 4.99 Å². The summed E-state index contributed by atoms with van der Waals surface area (Å²) in [6.45, 7) is 2.64. The van der Waals surface area contributed by atoms with E-state index in [0.717, 1.165) is 0 Å². The number of nitrogens with zero attached hydrogens (tertiary/aromatic N) is 2. The topological polar surface area (TPSA) is 67.9 Å². The minimum atomic E-state index is -0.780. The van der Waals surface area contributed by atoms with Crippen molar-refractivity contribution >= 4 is 11.9 Å². The Hall–Kier alpha value is -1.10. The highest BCUT2D eigenvalue weighted by molar-refractivity contribution is 6.01. The van der Waals surface area contributed by atoms with Gasteiger partial charge in [-0.25, -0.2) is 0 Å². The van der Waals surface area contributed by atoms with Crippen LogP contribution in [0.1, 0.15) is 13.3 Å². The van der Waals surface area contributed by atoms with Gasteiger partial charge in [0.15, 0.2) is 0 Å². The second kappa shape index (κ2) is 2.45. The van der Waals surface area contributed by atoms with Crippen LogP contribution in [-0.4, -0.2) is 42.1 Å². The van der Waals surface area contributed by atoms with Crippen LogP contribution in [0, 0.1) is 0 Å². The first-order chi connectivity index (χ1) is 6.03. The highest BCUT2D eigenvalue weighted by Gasteiger charge is 2.52. The molecule has 0 radical (unpaired) electrons. The molecule has 2 heterocycles. The molecule has 5 heteroatoms. The van der Waals surface area contributed by atoms with Crippen molar-refractivity contribution in [3.8, 4) is 0 Å². The number of amides is 1. The zero-order chi connectivity index (χ0) is 9.64. The summed E-state index contributed by atoms with van der Waals surface area (Å²) in [5, 5.41) is 0. The molecular weight excluding hydrogens is 170 g/mol. The lowest BCUT2D eigenvalue weighted by molar-refractivity contribution is -0.129. The van der Waals surface area contributed by atoms with Crippen molar-refractivity contribution in [3.63, 3.8) is 0 Å². The SMILES string of the molecule is CC1CC2(CN1C)OC(N)=NC2=O. The number of ether oxygens (including phenoxy) is 1. The van der Waals surface area contributed by atoms with Gasteiger partial charge in [-0.15, -0.1) is 0 Å². The van der Waals surface area contributed by atoms with E-state index in [2.05, 4.69) is 16.8 Å². The third-order valence-electron chi connectivity index (χ3n) is 2.78. The normalized spacial score (nSPS) is 39.7. The molecule has 0 aliphatic carbocycles. The van der Waals surface area contributed by atoms with Crippen molar-refractivity contribution in [1.29, 1.82) is 0 Å². The van der Waals surface area contributed by atoms with E-state index in [1.165, 1.54) is 0 Å². The number of carbonyl (C=O) groups is 1. The number of amidine groups is 1. The summed E-state index contributed by atoms with van der Waals surface area (Å²) in [5.41, 5.74) is 4.58. The Morgan fingerprint density at radius 2 is 2.46 bits per heavy atom. The minimum Gasteiger partial charge on any atom is -0.447 e. The van der Waals surface area contributed by atoms with Crippen molar-refractivity contribution in [2.75, 3.05) is 13.6 Å². The molecule has 0 bridgehead atoms. The molecule has 1 spiro atoms. The summed E-state index contributed by atoms with van der Waals surface area (Å²) >= 11 is 0. The van der Waals surface area contributed by atoms with Crippen molar-refractivity contribution in [2.24, 2.45) is 10.7 Å². The molecule has 2 atom stereocenters. The lowest BCUT2D eigenvalue weighted by Crippen LogP contribution is -2.40. The van der Waals surface area contributed by atoms with Crippen LogP contribution in [0.2, 0.25) is 0 Å². The Morgan fingerprint density at radius 1 is 1.77 bits per heavy atom. The van der Waals surface area contributed by atoms with Crippen molar-refractivity contribution in [2.45, 2.75) is 25.0 Å². The number of carbonyl (C=O) groups excluding carboxylic acids is 1. The molecule has 2 unspecified atom stereocenters. The van der Waals surface area contributed by atoms with Gasteiger partial charge in [0.25, 0.3) is 11.9 Å². The largest absolute Gasteiger partial charge is 0.447 e. The number of hydrogen-bond donors (Lipinski definition) is 1. The first-order valence-corrected chi connectivity index (χ1v) is 4.31. The van der Waals surface area contributed by atoms with Gasteiger partial charge in [-0.3, -0.25) is 9.69 Å². The van der Waals surface area contributed by atoms with Gasteiger partial charge >= 0.3 is 0 Å². The summed E-state index contributed by atoms with van der Waals surface area (Å²) in [5.74, 6) is -0.235.